The van der Waals surface area contributed by atoms with E-state index < -0.39 is 4.92 Å². The summed E-state index contributed by atoms with van der Waals surface area (Å²) in [4.78, 5) is 17.8. The van der Waals surface area contributed by atoms with E-state index in [2.05, 4.69) is 9.97 Å². The standard InChI is InChI=1S/C16H13N3O3/c1-22-13-6-2-11(3-7-13)4-9-16-17-14-8-5-12(19(20)21)10-15(14)18-16/h2-10H,1H3,(H,17,18)/b9-4+. The summed E-state index contributed by atoms with van der Waals surface area (Å²) in [5.41, 5.74) is 2.38. The predicted molar refractivity (Wildman–Crippen MR) is 84.7 cm³/mol. The molecule has 0 unspecified atom stereocenters. The van der Waals surface area contributed by atoms with Gasteiger partial charge in [0, 0.05) is 12.1 Å². The minimum Gasteiger partial charge on any atom is -0.497 e. The molecule has 0 aliphatic rings. The molecule has 0 spiro atoms. The fourth-order valence-corrected chi connectivity index (χ4v) is 2.10. The number of aromatic nitrogens is 2. The summed E-state index contributed by atoms with van der Waals surface area (Å²) in [5.74, 6) is 1.44. The number of fused-ring (bicyclic) bond motifs is 1. The second-order valence-corrected chi connectivity index (χ2v) is 4.69. The smallest absolute Gasteiger partial charge is 0.271 e. The minimum atomic E-state index is -0.430. The van der Waals surface area contributed by atoms with Crippen molar-refractivity contribution in [1.29, 1.82) is 0 Å². The van der Waals surface area contributed by atoms with Crippen molar-refractivity contribution in [3.8, 4) is 5.75 Å². The van der Waals surface area contributed by atoms with Crippen LogP contribution in [0.1, 0.15) is 11.4 Å². The molecule has 22 heavy (non-hydrogen) atoms. The first-order chi connectivity index (χ1) is 10.7. The number of hydrogen-bond donors (Lipinski definition) is 1. The third-order valence-corrected chi connectivity index (χ3v) is 3.25. The van der Waals surface area contributed by atoms with Crippen molar-refractivity contribution < 1.29 is 9.66 Å². The third-order valence-electron chi connectivity index (χ3n) is 3.25. The van der Waals surface area contributed by atoms with Gasteiger partial charge < -0.3 is 9.72 Å². The summed E-state index contributed by atoms with van der Waals surface area (Å²) in [6.07, 6.45) is 3.74. The van der Waals surface area contributed by atoms with Gasteiger partial charge in [-0.1, -0.05) is 18.2 Å². The van der Waals surface area contributed by atoms with Crippen LogP contribution in [0.15, 0.2) is 42.5 Å². The molecule has 0 saturated heterocycles. The molecule has 1 heterocycles. The fourth-order valence-electron chi connectivity index (χ4n) is 2.10. The van der Waals surface area contributed by atoms with Crippen LogP contribution in [-0.4, -0.2) is 22.0 Å². The van der Waals surface area contributed by atoms with Gasteiger partial charge in [-0.25, -0.2) is 4.98 Å². The highest BCUT2D eigenvalue weighted by molar-refractivity contribution is 5.80. The van der Waals surface area contributed by atoms with Gasteiger partial charge in [0.25, 0.3) is 5.69 Å². The normalized spacial score (nSPS) is 11.1. The Bertz CT molecular complexity index is 851. The van der Waals surface area contributed by atoms with Crippen LogP contribution < -0.4 is 4.74 Å². The molecule has 2 aromatic carbocycles. The lowest BCUT2D eigenvalue weighted by Crippen LogP contribution is -1.86. The van der Waals surface area contributed by atoms with Crippen LogP contribution in [0.3, 0.4) is 0 Å². The Morgan fingerprint density at radius 2 is 1.95 bits per heavy atom. The molecule has 6 heteroatoms. The zero-order valence-electron chi connectivity index (χ0n) is 11.8. The van der Waals surface area contributed by atoms with E-state index in [1.165, 1.54) is 12.1 Å². The molecule has 0 atom stereocenters. The Kier molecular flexibility index (Phi) is 3.57. The molecule has 0 bridgehead atoms. The van der Waals surface area contributed by atoms with Crippen LogP contribution in [0, 0.1) is 10.1 Å². The highest BCUT2D eigenvalue weighted by atomic mass is 16.6. The number of nitro groups is 1. The lowest BCUT2D eigenvalue weighted by atomic mass is 10.2. The molecule has 6 nitrogen and oxygen atoms in total. The summed E-state index contributed by atoms with van der Waals surface area (Å²) in [6.45, 7) is 0. The Labute approximate surface area is 126 Å². The van der Waals surface area contributed by atoms with E-state index in [0.29, 0.717) is 11.3 Å². The van der Waals surface area contributed by atoms with Gasteiger partial charge in [0.15, 0.2) is 0 Å². The Morgan fingerprint density at radius 1 is 1.18 bits per heavy atom. The van der Waals surface area contributed by atoms with Gasteiger partial charge in [-0.2, -0.15) is 0 Å². The van der Waals surface area contributed by atoms with Gasteiger partial charge in [-0.15, -0.1) is 0 Å². The zero-order chi connectivity index (χ0) is 15.5. The van der Waals surface area contributed by atoms with Crippen molar-refractivity contribution >= 4 is 28.9 Å². The first-order valence-electron chi connectivity index (χ1n) is 6.62. The Hall–Kier alpha value is -3.15. The molecule has 3 aromatic rings. The second kappa shape index (κ2) is 5.69. The monoisotopic (exact) mass is 295 g/mol. The lowest BCUT2D eigenvalue weighted by Gasteiger charge is -1.98. The lowest BCUT2D eigenvalue weighted by molar-refractivity contribution is -0.384. The van der Waals surface area contributed by atoms with Gasteiger partial charge in [-0.05, 0) is 29.8 Å². The number of non-ortho nitro benzene ring substituents is 1. The van der Waals surface area contributed by atoms with Crippen LogP contribution in [0.25, 0.3) is 23.2 Å². The van der Waals surface area contributed by atoms with E-state index in [1.54, 1.807) is 13.2 Å². The van der Waals surface area contributed by atoms with E-state index in [9.17, 15) is 10.1 Å². The first kappa shape index (κ1) is 13.8. The second-order valence-electron chi connectivity index (χ2n) is 4.69. The summed E-state index contributed by atoms with van der Waals surface area (Å²) < 4.78 is 5.10. The molecule has 0 saturated carbocycles. The van der Waals surface area contributed by atoms with Crippen molar-refractivity contribution in [3.63, 3.8) is 0 Å². The molecule has 1 aromatic heterocycles. The van der Waals surface area contributed by atoms with Crippen molar-refractivity contribution in [2.45, 2.75) is 0 Å². The minimum absolute atomic E-state index is 0.0321. The average Bonchev–Trinajstić information content (AvgIpc) is 2.95. The molecular formula is C16H13N3O3. The van der Waals surface area contributed by atoms with Gasteiger partial charge >= 0.3 is 0 Å². The van der Waals surface area contributed by atoms with Crippen molar-refractivity contribution in [3.05, 3.63) is 64.0 Å². The van der Waals surface area contributed by atoms with E-state index in [0.717, 1.165) is 16.8 Å². The molecule has 0 aliphatic heterocycles. The van der Waals surface area contributed by atoms with Crippen molar-refractivity contribution in [1.82, 2.24) is 9.97 Å². The Morgan fingerprint density at radius 3 is 2.64 bits per heavy atom. The number of rotatable bonds is 4. The molecular weight excluding hydrogens is 282 g/mol. The molecule has 0 amide bonds. The molecule has 0 radical (unpaired) electrons. The van der Waals surface area contributed by atoms with E-state index in [-0.39, 0.29) is 5.69 Å². The maximum atomic E-state index is 10.8. The number of methoxy groups -OCH3 is 1. The van der Waals surface area contributed by atoms with E-state index in [4.69, 9.17) is 4.74 Å². The quantitative estimate of drug-likeness (QED) is 0.588. The number of hydrogen-bond acceptors (Lipinski definition) is 4. The van der Waals surface area contributed by atoms with Gasteiger partial charge in [0.05, 0.1) is 23.1 Å². The maximum Gasteiger partial charge on any atom is 0.271 e. The average molecular weight is 295 g/mol. The molecule has 110 valence electrons. The van der Waals surface area contributed by atoms with Crippen LogP contribution in [-0.2, 0) is 0 Å². The van der Waals surface area contributed by atoms with Crippen molar-refractivity contribution in [2.24, 2.45) is 0 Å². The number of H-pyrrole nitrogens is 1. The SMILES string of the molecule is COc1ccc(/C=C/c2nc3cc([N+](=O)[O-])ccc3[nH]2)cc1. The largest absolute Gasteiger partial charge is 0.497 e. The topological polar surface area (TPSA) is 81.1 Å². The fraction of sp³-hybridized carbons (Fsp3) is 0.0625. The molecule has 0 aliphatic carbocycles. The van der Waals surface area contributed by atoms with Gasteiger partial charge in [-0.3, -0.25) is 10.1 Å². The molecule has 3 rings (SSSR count). The number of ether oxygens (including phenoxy) is 1. The van der Waals surface area contributed by atoms with E-state index in [1.807, 2.05) is 36.4 Å². The van der Waals surface area contributed by atoms with Gasteiger partial charge in [0.1, 0.15) is 11.6 Å². The first-order valence-corrected chi connectivity index (χ1v) is 6.62. The third kappa shape index (κ3) is 2.80. The van der Waals surface area contributed by atoms with Crippen LogP contribution in [0.4, 0.5) is 5.69 Å². The Balaban J connectivity index is 1.86. The number of aromatic amines is 1. The molecule has 1 N–H and O–H groups in total. The number of imidazole rings is 1. The maximum absolute atomic E-state index is 10.8. The highest BCUT2D eigenvalue weighted by Gasteiger charge is 2.08. The highest BCUT2D eigenvalue weighted by Crippen LogP contribution is 2.20. The van der Waals surface area contributed by atoms with Crippen molar-refractivity contribution in [2.75, 3.05) is 7.11 Å². The summed E-state index contributed by atoms with van der Waals surface area (Å²) >= 11 is 0. The number of nitro benzene ring substituents is 1. The van der Waals surface area contributed by atoms with Crippen LogP contribution >= 0.6 is 0 Å². The zero-order valence-corrected chi connectivity index (χ0v) is 11.8. The summed E-state index contributed by atoms with van der Waals surface area (Å²) in [5, 5.41) is 10.8. The van der Waals surface area contributed by atoms with Gasteiger partial charge in [0.2, 0.25) is 0 Å². The summed E-state index contributed by atoms with van der Waals surface area (Å²) in [6, 6.07) is 12.2. The van der Waals surface area contributed by atoms with Crippen LogP contribution in [0.5, 0.6) is 5.75 Å². The predicted octanol–water partition coefficient (Wildman–Crippen LogP) is 3.65. The number of nitrogens with one attached hydrogen (secondary N) is 1. The van der Waals surface area contributed by atoms with Crippen LogP contribution in [0.2, 0.25) is 0 Å². The van der Waals surface area contributed by atoms with E-state index >= 15 is 0 Å². The number of nitrogens with zero attached hydrogens (tertiary/aromatic N) is 2. The summed E-state index contributed by atoms with van der Waals surface area (Å²) in [7, 11) is 1.62. The molecule has 0 fully saturated rings. The number of benzene rings is 2.